The van der Waals surface area contributed by atoms with Gasteiger partial charge in [0.2, 0.25) is 5.91 Å². The first kappa shape index (κ1) is 17.7. The van der Waals surface area contributed by atoms with Crippen molar-refractivity contribution in [2.75, 3.05) is 20.2 Å². The predicted molar refractivity (Wildman–Crippen MR) is 88.5 cm³/mol. The average molecular weight is 340 g/mol. The number of ether oxygens (including phenoxy) is 1. The fourth-order valence-electron chi connectivity index (χ4n) is 2.82. The summed E-state index contributed by atoms with van der Waals surface area (Å²) in [5.41, 5.74) is 0.889. The highest BCUT2D eigenvalue weighted by Crippen LogP contribution is 2.28. The van der Waals surface area contributed by atoms with E-state index in [2.05, 4.69) is 4.72 Å². The summed E-state index contributed by atoms with van der Waals surface area (Å²) in [5, 5.41) is 0. The number of carbonyl (C=O) groups excluding carboxylic acids is 1. The van der Waals surface area contributed by atoms with Gasteiger partial charge in [0.1, 0.15) is 5.75 Å². The first-order valence-corrected chi connectivity index (χ1v) is 9.31. The van der Waals surface area contributed by atoms with Crippen LogP contribution in [-0.4, -0.2) is 38.8 Å². The Morgan fingerprint density at radius 3 is 2.57 bits per heavy atom. The van der Waals surface area contributed by atoms with E-state index in [1.807, 2.05) is 31.2 Å². The molecule has 1 aliphatic heterocycles. The van der Waals surface area contributed by atoms with Gasteiger partial charge in [-0.25, -0.2) is 4.72 Å². The summed E-state index contributed by atoms with van der Waals surface area (Å²) in [6.07, 6.45) is 2.80. The molecular weight excluding hydrogens is 316 g/mol. The van der Waals surface area contributed by atoms with Crippen LogP contribution in [0.15, 0.2) is 24.3 Å². The second-order valence-corrected chi connectivity index (χ2v) is 7.51. The molecule has 1 saturated heterocycles. The quantitative estimate of drug-likeness (QED) is 0.860. The first-order chi connectivity index (χ1) is 10.9. The number of nitrogens with zero attached hydrogens (tertiary/aromatic N) is 1. The van der Waals surface area contributed by atoms with Crippen molar-refractivity contribution in [3.63, 3.8) is 0 Å². The van der Waals surface area contributed by atoms with Crippen molar-refractivity contribution < 1.29 is 17.9 Å². The maximum absolute atomic E-state index is 12.2. The summed E-state index contributed by atoms with van der Waals surface area (Å²) in [6, 6.07) is 7.44. The monoisotopic (exact) mass is 340 g/mol. The maximum atomic E-state index is 12.2. The molecule has 7 heteroatoms. The van der Waals surface area contributed by atoms with Crippen LogP contribution in [0.2, 0.25) is 0 Å². The van der Waals surface area contributed by atoms with E-state index < -0.39 is 16.1 Å². The van der Waals surface area contributed by atoms with E-state index in [0.29, 0.717) is 18.8 Å². The fraction of sp³-hybridized carbons (Fsp3) is 0.562. The first-order valence-electron chi connectivity index (χ1n) is 7.87. The van der Waals surface area contributed by atoms with E-state index in [1.54, 1.807) is 7.11 Å². The van der Waals surface area contributed by atoms with Crippen molar-refractivity contribution in [3.05, 3.63) is 29.8 Å². The summed E-state index contributed by atoms with van der Waals surface area (Å²) in [5.74, 6) is 0.0726. The van der Waals surface area contributed by atoms with Crippen LogP contribution < -0.4 is 9.46 Å². The lowest BCUT2D eigenvalue weighted by Crippen LogP contribution is -2.45. The van der Waals surface area contributed by atoms with Gasteiger partial charge in [0, 0.05) is 19.5 Å². The zero-order chi connectivity index (χ0) is 16.9. The van der Waals surface area contributed by atoms with Crippen LogP contribution in [0.4, 0.5) is 0 Å². The van der Waals surface area contributed by atoms with Gasteiger partial charge in [0.25, 0.3) is 0 Å². The topological polar surface area (TPSA) is 75.7 Å². The summed E-state index contributed by atoms with van der Waals surface area (Å²) < 4.78 is 33.2. The second kappa shape index (κ2) is 7.79. The van der Waals surface area contributed by atoms with E-state index in [1.165, 1.54) is 4.31 Å². The Labute approximate surface area is 138 Å². The van der Waals surface area contributed by atoms with Gasteiger partial charge in [0.15, 0.2) is 0 Å². The molecule has 1 aromatic carbocycles. The molecular formula is C16H24N2O4S. The van der Waals surface area contributed by atoms with Gasteiger partial charge in [-0.05, 0) is 30.4 Å². The molecule has 1 amide bonds. The Hall–Kier alpha value is -1.60. The second-order valence-electron chi connectivity index (χ2n) is 5.84. The molecule has 1 fully saturated rings. The van der Waals surface area contributed by atoms with E-state index in [9.17, 15) is 13.2 Å². The number of hydrogen-bond acceptors (Lipinski definition) is 4. The Kier molecular flexibility index (Phi) is 6.01. The minimum atomic E-state index is -3.72. The lowest BCUT2D eigenvalue weighted by atomic mass is 9.97. The highest BCUT2D eigenvalue weighted by atomic mass is 32.2. The van der Waals surface area contributed by atoms with Crippen molar-refractivity contribution >= 4 is 16.1 Å². The van der Waals surface area contributed by atoms with Crippen molar-refractivity contribution in [3.8, 4) is 5.75 Å². The van der Waals surface area contributed by atoms with Crippen LogP contribution >= 0.6 is 0 Å². The lowest BCUT2D eigenvalue weighted by Gasteiger charge is -2.26. The Morgan fingerprint density at radius 1 is 1.26 bits per heavy atom. The fourth-order valence-corrected chi connectivity index (χ4v) is 4.06. The zero-order valence-electron chi connectivity index (χ0n) is 13.6. The van der Waals surface area contributed by atoms with Gasteiger partial charge in [-0.3, -0.25) is 4.79 Å². The number of para-hydroxylation sites is 1. The molecule has 0 bridgehead atoms. The standard InChI is InChI=1S/C16H24N2O4S/c1-13(14-8-4-5-9-15(14)22-2)12-16(19)17-23(20,21)18-10-6-3-7-11-18/h4-5,8-9,13H,3,6-7,10-12H2,1-2H3,(H,17,19)/t13-/m0/s1. The average Bonchev–Trinajstić information content (AvgIpc) is 2.55. The lowest BCUT2D eigenvalue weighted by molar-refractivity contribution is -0.119. The van der Waals surface area contributed by atoms with Gasteiger partial charge in [-0.2, -0.15) is 12.7 Å². The van der Waals surface area contributed by atoms with Crippen LogP contribution in [-0.2, 0) is 15.0 Å². The third kappa shape index (κ3) is 4.68. The van der Waals surface area contributed by atoms with E-state index in [0.717, 1.165) is 24.8 Å². The number of piperidine rings is 1. The molecule has 0 aromatic heterocycles. The molecule has 0 saturated carbocycles. The van der Waals surface area contributed by atoms with Gasteiger partial charge >= 0.3 is 10.2 Å². The van der Waals surface area contributed by atoms with E-state index in [4.69, 9.17) is 4.74 Å². The number of hydrogen-bond donors (Lipinski definition) is 1. The normalized spacial score (nSPS) is 17.5. The van der Waals surface area contributed by atoms with Crippen LogP contribution in [0, 0.1) is 0 Å². The predicted octanol–water partition coefficient (Wildman–Crippen LogP) is 2.04. The van der Waals surface area contributed by atoms with Crippen LogP contribution in [0.3, 0.4) is 0 Å². The summed E-state index contributed by atoms with van der Waals surface area (Å²) in [4.78, 5) is 12.1. The maximum Gasteiger partial charge on any atom is 0.303 e. The molecule has 0 aliphatic carbocycles. The Bertz CT molecular complexity index is 639. The Balaban J connectivity index is 1.98. The molecule has 0 radical (unpaired) electrons. The molecule has 1 atom stereocenters. The molecule has 1 heterocycles. The molecule has 6 nitrogen and oxygen atoms in total. The van der Waals surface area contributed by atoms with E-state index in [-0.39, 0.29) is 12.3 Å². The number of rotatable bonds is 6. The molecule has 23 heavy (non-hydrogen) atoms. The van der Waals surface area contributed by atoms with Crippen LogP contribution in [0.1, 0.15) is 44.1 Å². The van der Waals surface area contributed by atoms with Gasteiger partial charge in [-0.15, -0.1) is 0 Å². The SMILES string of the molecule is COc1ccccc1[C@@H](C)CC(=O)NS(=O)(=O)N1CCCCC1. The third-order valence-corrected chi connectivity index (χ3v) is 5.59. The minimum absolute atomic E-state index is 0.0907. The Morgan fingerprint density at radius 2 is 1.91 bits per heavy atom. The zero-order valence-corrected chi connectivity index (χ0v) is 14.4. The molecule has 1 N–H and O–H groups in total. The number of benzene rings is 1. The third-order valence-electron chi connectivity index (χ3n) is 4.06. The molecule has 1 aromatic rings. The van der Waals surface area contributed by atoms with Crippen molar-refractivity contribution in [2.24, 2.45) is 0 Å². The largest absolute Gasteiger partial charge is 0.496 e. The number of methoxy groups -OCH3 is 1. The summed E-state index contributed by atoms with van der Waals surface area (Å²) in [7, 11) is -2.15. The van der Waals surface area contributed by atoms with Gasteiger partial charge in [0.05, 0.1) is 7.11 Å². The molecule has 0 spiro atoms. The van der Waals surface area contributed by atoms with Crippen molar-refractivity contribution in [1.29, 1.82) is 0 Å². The smallest absolute Gasteiger partial charge is 0.303 e. The number of carbonyl (C=O) groups is 1. The van der Waals surface area contributed by atoms with Crippen LogP contribution in [0.25, 0.3) is 0 Å². The number of amides is 1. The minimum Gasteiger partial charge on any atom is -0.496 e. The summed E-state index contributed by atoms with van der Waals surface area (Å²) in [6.45, 7) is 2.83. The van der Waals surface area contributed by atoms with Gasteiger partial charge < -0.3 is 4.74 Å². The van der Waals surface area contributed by atoms with Crippen molar-refractivity contribution in [2.45, 2.75) is 38.5 Å². The van der Waals surface area contributed by atoms with Gasteiger partial charge in [-0.1, -0.05) is 31.5 Å². The van der Waals surface area contributed by atoms with Crippen LogP contribution in [0.5, 0.6) is 5.75 Å². The number of nitrogens with one attached hydrogen (secondary N) is 1. The molecule has 2 rings (SSSR count). The molecule has 0 unspecified atom stereocenters. The highest BCUT2D eigenvalue weighted by molar-refractivity contribution is 7.87. The molecule has 1 aliphatic rings. The summed E-state index contributed by atoms with van der Waals surface area (Å²) >= 11 is 0. The highest BCUT2D eigenvalue weighted by Gasteiger charge is 2.26. The molecule has 128 valence electrons. The van der Waals surface area contributed by atoms with Crippen molar-refractivity contribution in [1.82, 2.24) is 9.03 Å². The van der Waals surface area contributed by atoms with E-state index >= 15 is 0 Å².